The van der Waals surface area contributed by atoms with Crippen molar-refractivity contribution in [3.05, 3.63) is 95.1 Å². The first-order valence-corrected chi connectivity index (χ1v) is 9.73. The lowest BCUT2D eigenvalue weighted by atomic mass is 9.92. The molecule has 1 atom stereocenters. The van der Waals surface area contributed by atoms with E-state index in [1.807, 2.05) is 80.6 Å². The van der Waals surface area contributed by atoms with Crippen molar-refractivity contribution in [3.63, 3.8) is 0 Å². The number of carbonyl (C=O) groups is 1. The number of para-hydroxylation sites is 1. The standard InChI is InChI=1S/C25H26O4/c1-18-12-13-19(2)24(16-18)29-15-14-28-23-11-7-6-10-21(23)17-22(25(26)27)20-8-4-3-5-9-20/h3-13,16,22H,14-15,17H2,1-2H3,(H,26,27). The molecule has 4 heteroatoms. The molecule has 4 nitrogen and oxygen atoms in total. The van der Waals surface area contributed by atoms with E-state index < -0.39 is 11.9 Å². The van der Waals surface area contributed by atoms with E-state index in [-0.39, 0.29) is 0 Å². The van der Waals surface area contributed by atoms with Gasteiger partial charge >= 0.3 is 5.97 Å². The third kappa shape index (κ3) is 5.61. The van der Waals surface area contributed by atoms with E-state index in [1.165, 1.54) is 0 Å². The first kappa shape index (κ1) is 20.5. The summed E-state index contributed by atoms with van der Waals surface area (Å²) >= 11 is 0. The van der Waals surface area contributed by atoms with Crippen LogP contribution >= 0.6 is 0 Å². The Morgan fingerprint density at radius 1 is 0.862 bits per heavy atom. The van der Waals surface area contributed by atoms with Crippen molar-refractivity contribution < 1.29 is 19.4 Å². The lowest BCUT2D eigenvalue weighted by Crippen LogP contribution is -2.16. The van der Waals surface area contributed by atoms with Gasteiger partial charge in [0.2, 0.25) is 0 Å². The molecule has 0 aliphatic carbocycles. The van der Waals surface area contributed by atoms with Crippen molar-refractivity contribution in [2.24, 2.45) is 0 Å². The highest BCUT2D eigenvalue weighted by atomic mass is 16.5. The van der Waals surface area contributed by atoms with Gasteiger partial charge in [-0.05, 0) is 54.7 Å². The molecule has 0 aliphatic rings. The van der Waals surface area contributed by atoms with Gasteiger partial charge in [-0.1, -0.05) is 60.7 Å². The summed E-state index contributed by atoms with van der Waals surface area (Å²) in [5, 5.41) is 9.71. The Labute approximate surface area is 171 Å². The lowest BCUT2D eigenvalue weighted by Gasteiger charge is -2.17. The SMILES string of the molecule is Cc1ccc(C)c(OCCOc2ccccc2CC(C(=O)O)c2ccccc2)c1. The fraction of sp³-hybridized carbons (Fsp3) is 0.240. The Balaban J connectivity index is 1.64. The van der Waals surface area contributed by atoms with E-state index in [2.05, 4.69) is 6.07 Å². The second-order valence-electron chi connectivity index (χ2n) is 7.08. The molecule has 0 saturated carbocycles. The second-order valence-corrected chi connectivity index (χ2v) is 7.08. The molecule has 0 bridgehead atoms. The molecule has 0 aliphatic heterocycles. The highest BCUT2D eigenvalue weighted by Gasteiger charge is 2.21. The minimum atomic E-state index is -0.843. The number of carboxylic acids is 1. The van der Waals surface area contributed by atoms with Crippen molar-refractivity contribution in [3.8, 4) is 11.5 Å². The van der Waals surface area contributed by atoms with Gasteiger partial charge in [0, 0.05) is 0 Å². The smallest absolute Gasteiger partial charge is 0.311 e. The van der Waals surface area contributed by atoms with E-state index in [0.717, 1.165) is 28.0 Å². The maximum atomic E-state index is 11.8. The Hall–Kier alpha value is -3.27. The normalized spacial score (nSPS) is 11.7. The Morgan fingerprint density at radius 3 is 2.24 bits per heavy atom. The average Bonchev–Trinajstić information content (AvgIpc) is 2.73. The largest absolute Gasteiger partial charge is 0.490 e. The van der Waals surface area contributed by atoms with Crippen LogP contribution in [0.4, 0.5) is 0 Å². The van der Waals surface area contributed by atoms with Crippen LogP contribution in [0.25, 0.3) is 0 Å². The second kappa shape index (κ2) is 9.78. The van der Waals surface area contributed by atoms with E-state index in [9.17, 15) is 9.90 Å². The third-order valence-corrected chi connectivity index (χ3v) is 4.84. The molecule has 0 radical (unpaired) electrons. The number of rotatable bonds is 9. The van der Waals surface area contributed by atoms with Crippen LogP contribution < -0.4 is 9.47 Å². The van der Waals surface area contributed by atoms with Crippen LogP contribution in [0.1, 0.15) is 28.2 Å². The number of benzene rings is 3. The molecule has 3 aromatic carbocycles. The minimum absolute atomic E-state index is 0.368. The van der Waals surface area contributed by atoms with Gasteiger partial charge in [0.15, 0.2) is 0 Å². The van der Waals surface area contributed by atoms with Gasteiger partial charge in [0.05, 0.1) is 5.92 Å². The Kier molecular flexibility index (Phi) is 6.90. The number of ether oxygens (including phenoxy) is 2. The number of aliphatic carboxylic acids is 1. The maximum absolute atomic E-state index is 11.8. The highest BCUT2D eigenvalue weighted by molar-refractivity contribution is 5.76. The molecule has 1 N–H and O–H groups in total. The van der Waals surface area contributed by atoms with Gasteiger partial charge in [0.25, 0.3) is 0 Å². The molecule has 0 amide bonds. The summed E-state index contributed by atoms with van der Waals surface area (Å²) in [6.45, 7) is 4.85. The van der Waals surface area contributed by atoms with E-state index >= 15 is 0 Å². The first-order valence-electron chi connectivity index (χ1n) is 9.73. The molecule has 29 heavy (non-hydrogen) atoms. The van der Waals surface area contributed by atoms with Crippen molar-refractivity contribution >= 4 is 5.97 Å². The number of aryl methyl sites for hydroxylation is 2. The van der Waals surface area contributed by atoms with Crippen LogP contribution in [-0.4, -0.2) is 24.3 Å². The van der Waals surface area contributed by atoms with E-state index in [1.54, 1.807) is 0 Å². The molecule has 0 spiro atoms. The predicted molar refractivity (Wildman–Crippen MR) is 114 cm³/mol. The number of hydrogen-bond acceptors (Lipinski definition) is 3. The molecular formula is C25H26O4. The maximum Gasteiger partial charge on any atom is 0.311 e. The zero-order valence-corrected chi connectivity index (χ0v) is 16.8. The zero-order valence-electron chi connectivity index (χ0n) is 16.8. The summed E-state index contributed by atoms with van der Waals surface area (Å²) in [5.41, 5.74) is 3.89. The van der Waals surface area contributed by atoms with Crippen LogP contribution in [0.3, 0.4) is 0 Å². The van der Waals surface area contributed by atoms with Crippen molar-refractivity contribution in [1.29, 1.82) is 0 Å². The van der Waals surface area contributed by atoms with Gasteiger partial charge in [-0.2, -0.15) is 0 Å². The molecule has 0 aromatic heterocycles. The van der Waals surface area contributed by atoms with Crippen molar-refractivity contribution in [2.45, 2.75) is 26.2 Å². The van der Waals surface area contributed by atoms with Gasteiger partial charge in [0.1, 0.15) is 24.7 Å². The molecule has 0 heterocycles. The van der Waals surface area contributed by atoms with E-state index in [4.69, 9.17) is 9.47 Å². The molecular weight excluding hydrogens is 364 g/mol. The third-order valence-electron chi connectivity index (χ3n) is 4.84. The topological polar surface area (TPSA) is 55.8 Å². The minimum Gasteiger partial charge on any atom is -0.490 e. The first-order chi connectivity index (χ1) is 14.0. The highest BCUT2D eigenvalue weighted by Crippen LogP contribution is 2.27. The monoisotopic (exact) mass is 390 g/mol. The number of hydrogen-bond donors (Lipinski definition) is 1. The molecule has 3 aromatic rings. The summed E-state index contributed by atoms with van der Waals surface area (Å²) in [6, 6.07) is 23.0. The Morgan fingerprint density at radius 2 is 1.52 bits per heavy atom. The van der Waals surface area contributed by atoms with Crippen molar-refractivity contribution in [2.75, 3.05) is 13.2 Å². The number of carboxylic acid groups (broad SMARTS) is 1. The average molecular weight is 390 g/mol. The molecule has 150 valence electrons. The fourth-order valence-electron chi connectivity index (χ4n) is 3.23. The predicted octanol–water partition coefficient (Wildman–Crippen LogP) is 5.17. The lowest BCUT2D eigenvalue weighted by molar-refractivity contribution is -0.138. The van der Waals surface area contributed by atoms with Gasteiger partial charge < -0.3 is 14.6 Å². The summed E-state index contributed by atoms with van der Waals surface area (Å²) in [4.78, 5) is 11.8. The summed E-state index contributed by atoms with van der Waals surface area (Å²) in [5.74, 6) is 0.0903. The molecule has 0 fully saturated rings. The summed E-state index contributed by atoms with van der Waals surface area (Å²) in [7, 11) is 0. The van der Waals surface area contributed by atoms with Gasteiger partial charge in [-0.3, -0.25) is 4.79 Å². The Bertz CT molecular complexity index is 950. The van der Waals surface area contributed by atoms with Crippen LogP contribution in [0.2, 0.25) is 0 Å². The fourth-order valence-corrected chi connectivity index (χ4v) is 3.23. The van der Waals surface area contributed by atoms with Gasteiger partial charge in [-0.15, -0.1) is 0 Å². The van der Waals surface area contributed by atoms with Crippen LogP contribution in [0.15, 0.2) is 72.8 Å². The zero-order chi connectivity index (χ0) is 20.6. The van der Waals surface area contributed by atoms with Gasteiger partial charge in [-0.25, -0.2) is 0 Å². The molecule has 0 saturated heterocycles. The van der Waals surface area contributed by atoms with Crippen LogP contribution in [0, 0.1) is 13.8 Å². The van der Waals surface area contributed by atoms with E-state index in [0.29, 0.717) is 25.4 Å². The quantitative estimate of drug-likeness (QED) is 0.512. The summed E-state index contributed by atoms with van der Waals surface area (Å²) in [6.07, 6.45) is 0.368. The molecule has 1 unspecified atom stereocenters. The molecule has 3 rings (SSSR count). The van der Waals surface area contributed by atoms with Crippen molar-refractivity contribution in [1.82, 2.24) is 0 Å². The van der Waals surface area contributed by atoms with Crippen LogP contribution in [0.5, 0.6) is 11.5 Å². The summed E-state index contributed by atoms with van der Waals surface area (Å²) < 4.78 is 11.8. The van der Waals surface area contributed by atoms with Crippen LogP contribution in [-0.2, 0) is 11.2 Å².